The average Bonchev–Trinajstić information content (AvgIpc) is 2.83. The first-order valence-corrected chi connectivity index (χ1v) is 5.79. The second kappa shape index (κ2) is 5.47. The largest absolute Gasteiger partial charge is 0.378 e. The Balaban J connectivity index is 2.13. The van der Waals surface area contributed by atoms with Crippen molar-refractivity contribution < 1.29 is 9.31 Å². The summed E-state index contributed by atoms with van der Waals surface area (Å²) in [6, 6.07) is 3.40. The number of rotatable bonds is 5. The summed E-state index contributed by atoms with van der Waals surface area (Å²) in [7, 11) is 0. The number of aromatic nitrogens is 2. The third-order valence-corrected chi connectivity index (χ3v) is 2.69. The van der Waals surface area contributed by atoms with Gasteiger partial charge in [-0.3, -0.25) is 10.1 Å². The van der Waals surface area contributed by atoms with Gasteiger partial charge in [-0.25, -0.2) is 9.37 Å². The SMILES string of the molecule is CCn1ccnc1CNc1cc(F)cc([N+](=O)[O-])c1. The fourth-order valence-electron chi connectivity index (χ4n) is 1.76. The van der Waals surface area contributed by atoms with Gasteiger partial charge < -0.3 is 9.88 Å². The number of non-ortho nitro benzene ring substituents is 1. The van der Waals surface area contributed by atoms with E-state index in [0.717, 1.165) is 18.4 Å². The molecule has 0 fully saturated rings. The molecule has 1 aromatic carbocycles. The Morgan fingerprint density at radius 1 is 1.47 bits per heavy atom. The van der Waals surface area contributed by atoms with E-state index >= 15 is 0 Å². The van der Waals surface area contributed by atoms with Crippen LogP contribution in [-0.2, 0) is 13.1 Å². The van der Waals surface area contributed by atoms with Crippen LogP contribution in [0.25, 0.3) is 0 Å². The number of aryl methyl sites for hydroxylation is 1. The third-order valence-electron chi connectivity index (χ3n) is 2.69. The molecule has 0 aliphatic heterocycles. The van der Waals surface area contributed by atoms with Crippen LogP contribution in [0.3, 0.4) is 0 Å². The van der Waals surface area contributed by atoms with Crippen molar-refractivity contribution in [3.05, 3.63) is 52.3 Å². The molecule has 2 rings (SSSR count). The molecular weight excluding hydrogens is 251 g/mol. The number of nitro benzene ring substituents is 1. The van der Waals surface area contributed by atoms with Crippen LogP contribution in [0, 0.1) is 15.9 Å². The van der Waals surface area contributed by atoms with Crippen LogP contribution < -0.4 is 5.32 Å². The summed E-state index contributed by atoms with van der Waals surface area (Å²) in [5, 5.41) is 13.6. The molecular formula is C12H13FN4O2. The van der Waals surface area contributed by atoms with Crippen molar-refractivity contribution >= 4 is 11.4 Å². The topological polar surface area (TPSA) is 73.0 Å². The van der Waals surface area contributed by atoms with E-state index in [-0.39, 0.29) is 5.69 Å². The lowest BCUT2D eigenvalue weighted by atomic mass is 10.2. The van der Waals surface area contributed by atoms with Gasteiger partial charge in [0.05, 0.1) is 17.5 Å². The highest BCUT2D eigenvalue weighted by Crippen LogP contribution is 2.20. The fourth-order valence-corrected chi connectivity index (χ4v) is 1.76. The molecule has 100 valence electrons. The van der Waals surface area contributed by atoms with Gasteiger partial charge in [0.25, 0.3) is 5.69 Å². The van der Waals surface area contributed by atoms with Crippen molar-refractivity contribution in [2.75, 3.05) is 5.32 Å². The van der Waals surface area contributed by atoms with Crippen LogP contribution in [0.4, 0.5) is 15.8 Å². The third kappa shape index (κ3) is 3.06. The van der Waals surface area contributed by atoms with E-state index in [1.54, 1.807) is 6.20 Å². The first-order chi connectivity index (χ1) is 9.10. The molecule has 0 bridgehead atoms. The van der Waals surface area contributed by atoms with Crippen molar-refractivity contribution in [1.82, 2.24) is 9.55 Å². The highest BCUT2D eigenvalue weighted by Gasteiger charge is 2.10. The minimum atomic E-state index is -0.643. The second-order valence-corrected chi connectivity index (χ2v) is 3.94. The lowest BCUT2D eigenvalue weighted by Crippen LogP contribution is -2.07. The number of nitro groups is 1. The standard InChI is InChI=1S/C12H13FN4O2/c1-2-16-4-3-14-12(16)8-15-10-5-9(13)6-11(7-10)17(18)19/h3-7,15H,2,8H2,1H3. The van der Waals surface area contributed by atoms with Gasteiger partial charge in [0, 0.05) is 30.7 Å². The molecule has 0 radical (unpaired) electrons. The number of hydrogen-bond acceptors (Lipinski definition) is 4. The molecule has 1 heterocycles. The summed E-state index contributed by atoms with van der Waals surface area (Å²) in [6.45, 7) is 3.14. The summed E-state index contributed by atoms with van der Waals surface area (Å²) in [5.74, 6) is 0.143. The molecule has 6 nitrogen and oxygen atoms in total. The van der Waals surface area contributed by atoms with E-state index in [2.05, 4.69) is 10.3 Å². The van der Waals surface area contributed by atoms with Crippen molar-refractivity contribution in [2.45, 2.75) is 20.0 Å². The maximum absolute atomic E-state index is 13.2. The van der Waals surface area contributed by atoms with Gasteiger partial charge in [-0.1, -0.05) is 0 Å². The molecule has 2 aromatic rings. The van der Waals surface area contributed by atoms with E-state index in [1.807, 2.05) is 17.7 Å². The number of nitrogens with zero attached hydrogens (tertiary/aromatic N) is 3. The Kier molecular flexibility index (Phi) is 3.74. The summed E-state index contributed by atoms with van der Waals surface area (Å²) >= 11 is 0. The van der Waals surface area contributed by atoms with Gasteiger partial charge in [0.1, 0.15) is 11.6 Å². The lowest BCUT2D eigenvalue weighted by Gasteiger charge is -2.08. The zero-order chi connectivity index (χ0) is 13.8. The molecule has 0 spiro atoms. The summed E-state index contributed by atoms with van der Waals surface area (Å²) in [5.41, 5.74) is 0.0821. The van der Waals surface area contributed by atoms with Crippen LogP contribution >= 0.6 is 0 Å². The monoisotopic (exact) mass is 264 g/mol. The van der Waals surface area contributed by atoms with Crippen molar-refractivity contribution in [3.8, 4) is 0 Å². The molecule has 0 amide bonds. The maximum Gasteiger partial charge on any atom is 0.274 e. The number of anilines is 1. The van der Waals surface area contributed by atoms with E-state index in [1.165, 1.54) is 12.1 Å². The zero-order valence-electron chi connectivity index (χ0n) is 10.3. The van der Waals surface area contributed by atoms with Gasteiger partial charge in [-0.15, -0.1) is 0 Å². The van der Waals surface area contributed by atoms with Crippen LogP contribution in [0.1, 0.15) is 12.7 Å². The van der Waals surface area contributed by atoms with Crippen LogP contribution in [0.2, 0.25) is 0 Å². The van der Waals surface area contributed by atoms with E-state index < -0.39 is 10.7 Å². The van der Waals surface area contributed by atoms with Gasteiger partial charge in [-0.05, 0) is 13.0 Å². The first-order valence-electron chi connectivity index (χ1n) is 5.79. The quantitative estimate of drug-likeness (QED) is 0.665. The lowest BCUT2D eigenvalue weighted by molar-refractivity contribution is -0.385. The van der Waals surface area contributed by atoms with E-state index in [9.17, 15) is 14.5 Å². The minimum absolute atomic E-state index is 0.277. The zero-order valence-corrected chi connectivity index (χ0v) is 10.3. The predicted octanol–water partition coefficient (Wildman–Crippen LogP) is 2.56. The summed E-state index contributed by atoms with van der Waals surface area (Å²) in [6.07, 6.45) is 3.51. The molecule has 0 saturated carbocycles. The van der Waals surface area contributed by atoms with Gasteiger partial charge in [-0.2, -0.15) is 0 Å². The highest BCUT2D eigenvalue weighted by molar-refractivity contribution is 5.51. The molecule has 0 atom stereocenters. The normalized spacial score (nSPS) is 10.4. The average molecular weight is 264 g/mol. The second-order valence-electron chi connectivity index (χ2n) is 3.94. The van der Waals surface area contributed by atoms with Gasteiger partial charge in [0.2, 0.25) is 0 Å². The molecule has 1 N–H and O–H groups in total. The predicted molar refractivity (Wildman–Crippen MR) is 68.3 cm³/mol. The maximum atomic E-state index is 13.2. The number of halogens is 1. The fraction of sp³-hybridized carbons (Fsp3) is 0.250. The molecule has 0 saturated heterocycles. The number of hydrogen-bond donors (Lipinski definition) is 1. The Bertz CT molecular complexity index is 597. The number of nitrogens with one attached hydrogen (secondary N) is 1. The van der Waals surface area contributed by atoms with Gasteiger partial charge in [0.15, 0.2) is 0 Å². The van der Waals surface area contributed by atoms with E-state index in [4.69, 9.17) is 0 Å². The van der Waals surface area contributed by atoms with Crippen molar-refractivity contribution in [1.29, 1.82) is 0 Å². The highest BCUT2D eigenvalue weighted by atomic mass is 19.1. The van der Waals surface area contributed by atoms with Crippen molar-refractivity contribution in [2.24, 2.45) is 0 Å². The molecule has 0 aliphatic carbocycles. The minimum Gasteiger partial charge on any atom is -0.378 e. The Morgan fingerprint density at radius 3 is 2.95 bits per heavy atom. The Morgan fingerprint density at radius 2 is 2.26 bits per heavy atom. The number of imidazole rings is 1. The molecule has 1 aromatic heterocycles. The van der Waals surface area contributed by atoms with E-state index in [0.29, 0.717) is 12.2 Å². The molecule has 0 unspecified atom stereocenters. The summed E-state index contributed by atoms with van der Waals surface area (Å²) < 4.78 is 15.2. The number of benzene rings is 1. The van der Waals surface area contributed by atoms with Crippen LogP contribution in [-0.4, -0.2) is 14.5 Å². The summed E-state index contributed by atoms with van der Waals surface area (Å²) in [4.78, 5) is 14.2. The van der Waals surface area contributed by atoms with Crippen molar-refractivity contribution in [3.63, 3.8) is 0 Å². The molecule has 19 heavy (non-hydrogen) atoms. The molecule has 0 aliphatic rings. The molecule has 7 heteroatoms. The Labute approximate surface area is 109 Å². The Hall–Kier alpha value is -2.44. The van der Waals surface area contributed by atoms with Crippen LogP contribution in [0.5, 0.6) is 0 Å². The smallest absolute Gasteiger partial charge is 0.274 e. The van der Waals surface area contributed by atoms with Crippen LogP contribution in [0.15, 0.2) is 30.6 Å². The van der Waals surface area contributed by atoms with Gasteiger partial charge >= 0.3 is 0 Å². The first kappa shape index (κ1) is 13.0.